The summed E-state index contributed by atoms with van der Waals surface area (Å²) in [6.07, 6.45) is 3.83. The maximum atomic E-state index is 12.5. The van der Waals surface area contributed by atoms with Gasteiger partial charge in [0.1, 0.15) is 0 Å². The Balaban J connectivity index is 2.92. The van der Waals surface area contributed by atoms with Crippen LogP contribution in [0.4, 0.5) is 0 Å². The fourth-order valence-electron chi connectivity index (χ4n) is 2.98. The van der Waals surface area contributed by atoms with Gasteiger partial charge in [-0.2, -0.15) is 4.31 Å². The molecule has 0 atom stereocenters. The zero-order chi connectivity index (χ0) is 14.5. The van der Waals surface area contributed by atoms with Crippen molar-refractivity contribution in [2.24, 2.45) is 11.7 Å². The Hall–Kier alpha value is -0.170. The van der Waals surface area contributed by atoms with Crippen LogP contribution >= 0.6 is 0 Å². The van der Waals surface area contributed by atoms with Crippen LogP contribution in [0, 0.1) is 5.92 Å². The van der Waals surface area contributed by atoms with E-state index in [1.54, 1.807) is 4.31 Å². The van der Waals surface area contributed by atoms with E-state index in [2.05, 4.69) is 6.92 Å². The minimum atomic E-state index is -3.29. The van der Waals surface area contributed by atoms with Crippen LogP contribution in [0.15, 0.2) is 0 Å². The average Bonchev–Trinajstić information content (AvgIpc) is 2.39. The predicted octanol–water partition coefficient (Wildman–Crippen LogP) is 1.19. The predicted molar refractivity (Wildman–Crippen MR) is 77.5 cm³/mol. The van der Waals surface area contributed by atoms with Crippen LogP contribution < -0.4 is 5.73 Å². The third kappa shape index (κ3) is 3.90. The first kappa shape index (κ1) is 16.9. The molecule has 1 fully saturated rings. The van der Waals surface area contributed by atoms with Crippen LogP contribution in [-0.2, 0) is 14.8 Å². The molecule has 0 saturated heterocycles. The highest BCUT2D eigenvalue weighted by Crippen LogP contribution is 2.37. The highest BCUT2D eigenvalue weighted by atomic mass is 32.2. The van der Waals surface area contributed by atoms with Crippen molar-refractivity contribution >= 4 is 10.0 Å². The second-order valence-electron chi connectivity index (χ2n) is 5.58. The number of nitrogens with two attached hydrogens (primary N) is 1. The molecule has 1 aliphatic carbocycles. The number of sulfonamides is 1. The first-order valence-electron chi connectivity index (χ1n) is 7.11. The first-order valence-corrected chi connectivity index (χ1v) is 8.72. The van der Waals surface area contributed by atoms with Crippen molar-refractivity contribution < 1.29 is 13.2 Å². The Morgan fingerprint density at radius 1 is 1.37 bits per heavy atom. The Morgan fingerprint density at radius 3 is 2.37 bits per heavy atom. The lowest BCUT2D eigenvalue weighted by molar-refractivity contribution is 0.118. The summed E-state index contributed by atoms with van der Waals surface area (Å²) in [6, 6.07) is 0. The Morgan fingerprint density at radius 2 is 1.95 bits per heavy atom. The Bertz CT molecular complexity index is 362. The van der Waals surface area contributed by atoms with Crippen LogP contribution in [0.5, 0.6) is 0 Å². The summed E-state index contributed by atoms with van der Waals surface area (Å²) in [5.41, 5.74) is 5.57. The lowest BCUT2D eigenvalue weighted by atomic mass is 9.77. The van der Waals surface area contributed by atoms with E-state index in [0.717, 1.165) is 25.7 Å². The van der Waals surface area contributed by atoms with Crippen molar-refractivity contribution in [3.8, 4) is 0 Å². The van der Waals surface area contributed by atoms with E-state index >= 15 is 0 Å². The number of ether oxygens (including phenoxy) is 1. The molecule has 0 aromatic carbocycles. The van der Waals surface area contributed by atoms with Crippen molar-refractivity contribution in [3.05, 3.63) is 0 Å². The number of hydrogen-bond donors (Lipinski definition) is 1. The molecule has 1 rings (SSSR count). The third-order valence-corrected chi connectivity index (χ3v) is 6.28. The van der Waals surface area contributed by atoms with Gasteiger partial charge in [0.15, 0.2) is 0 Å². The van der Waals surface area contributed by atoms with Gasteiger partial charge in [0.2, 0.25) is 10.0 Å². The van der Waals surface area contributed by atoms with Crippen molar-refractivity contribution in [2.45, 2.75) is 45.1 Å². The highest BCUT2D eigenvalue weighted by molar-refractivity contribution is 7.89. The monoisotopic (exact) mass is 292 g/mol. The summed E-state index contributed by atoms with van der Waals surface area (Å²) in [4.78, 5) is 0. The standard InChI is InChI=1S/C13H28N2O3S/c1-4-15(19(16,17)10-9-18-3)13(11-14)7-5-12(2)6-8-13/h12H,4-11,14H2,1-3H3. The lowest BCUT2D eigenvalue weighted by Crippen LogP contribution is -2.58. The number of hydrogen-bond acceptors (Lipinski definition) is 4. The zero-order valence-electron chi connectivity index (χ0n) is 12.4. The summed E-state index contributed by atoms with van der Waals surface area (Å²) in [7, 11) is -1.77. The summed E-state index contributed by atoms with van der Waals surface area (Å²) in [5, 5.41) is 0. The minimum absolute atomic E-state index is 0.0364. The van der Waals surface area contributed by atoms with Crippen LogP contribution in [0.2, 0.25) is 0 Å². The molecule has 0 aromatic heterocycles. The molecule has 0 aliphatic heterocycles. The maximum Gasteiger partial charge on any atom is 0.216 e. The van der Waals surface area contributed by atoms with Crippen molar-refractivity contribution in [3.63, 3.8) is 0 Å². The molecular weight excluding hydrogens is 264 g/mol. The fraction of sp³-hybridized carbons (Fsp3) is 1.00. The van der Waals surface area contributed by atoms with E-state index < -0.39 is 10.0 Å². The van der Waals surface area contributed by atoms with Crippen molar-refractivity contribution in [2.75, 3.05) is 32.6 Å². The molecule has 0 aromatic rings. The van der Waals surface area contributed by atoms with Crippen molar-refractivity contribution in [1.29, 1.82) is 0 Å². The summed E-state index contributed by atoms with van der Waals surface area (Å²) >= 11 is 0. The van der Waals surface area contributed by atoms with Gasteiger partial charge in [0, 0.05) is 25.7 Å². The average molecular weight is 292 g/mol. The third-order valence-electron chi connectivity index (χ3n) is 4.28. The molecule has 0 heterocycles. The summed E-state index contributed by atoms with van der Waals surface area (Å²) in [5.74, 6) is 0.703. The molecule has 1 aliphatic rings. The first-order chi connectivity index (χ1) is 8.91. The van der Waals surface area contributed by atoms with E-state index in [9.17, 15) is 8.42 Å². The van der Waals surface area contributed by atoms with E-state index in [0.29, 0.717) is 19.0 Å². The van der Waals surface area contributed by atoms with Crippen LogP contribution in [0.1, 0.15) is 39.5 Å². The van der Waals surface area contributed by atoms with Gasteiger partial charge in [0.05, 0.1) is 12.4 Å². The number of nitrogens with zero attached hydrogens (tertiary/aromatic N) is 1. The number of methoxy groups -OCH3 is 1. The molecule has 19 heavy (non-hydrogen) atoms. The fourth-order valence-corrected chi connectivity index (χ4v) is 4.82. The molecule has 6 heteroatoms. The quantitative estimate of drug-likeness (QED) is 0.765. The van der Waals surface area contributed by atoms with Gasteiger partial charge in [-0.25, -0.2) is 8.42 Å². The summed E-state index contributed by atoms with van der Waals surface area (Å²) in [6.45, 7) is 5.23. The SMILES string of the molecule is CCN(C1(CN)CCC(C)CC1)S(=O)(=O)CCOC. The van der Waals surface area contributed by atoms with E-state index in [4.69, 9.17) is 10.5 Å². The Kier molecular flexibility index (Phi) is 6.23. The van der Waals surface area contributed by atoms with Gasteiger partial charge < -0.3 is 10.5 Å². The van der Waals surface area contributed by atoms with Crippen LogP contribution in [0.25, 0.3) is 0 Å². The molecule has 0 radical (unpaired) electrons. The van der Waals surface area contributed by atoms with Gasteiger partial charge in [0.25, 0.3) is 0 Å². The van der Waals surface area contributed by atoms with E-state index in [1.807, 2.05) is 6.92 Å². The minimum Gasteiger partial charge on any atom is -0.384 e. The zero-order valence-corrected chi connectivity index (χ0v) is 13.2. The van der Waals surface area contributed by atoms with E-state index in [-0.39, 0.29) is 17.9 Å². The molecule has 0 spiro atoms. The highest BCUT2D eigenvalue weighted by Gasteiger charge is 2.43. The second kappa shape index (κ2) is 7.02. The molecule has 0 unspecified atom stereocenters. The van der Waals surface area contributed by atoms with Crippen LogP contribution in [-0.4, -0.2) is 50.8 Å². The molecule has 114 valence electrons. The molecular formula is C13H28N2O3S. The number of likely N-dealkylation sites (N-methyl/N-ethyl adjacent to an activating group) is 1. The van der Waals surface area contributed by atoms with Gasteiger partial charge >= 0.3 is 0 Å². The normalized spacial score (nSPS) is 28.8. The lowest BCUT2D eigenvalue weighted by Gasteiger charge is -2.45. The van der Waals surface area contributed by atoms with Gasteiger partial charge in [-0.05, 0) is 31.6 Å². The van der Waals surface area contributed by atoms with E-state index in [1.165, 1.54) is 7.11 Å². The molecule has 0 bridgehead atoms. The molecule has 5 nitrogen and oxygen atoms in total. The van der Waals surface area contributed by atoms with Gasteiger partial charge in [-0.15, -0.1) is 0 Å². The molecule has 1 saturated carbocycles. The topological polar surface area (TPSA) is 72.6 Å². The molecule has 2 N–H and O–H groups in total. The second-order valence-corrected chi connectivity index (χ2v) is 7.60. The maximum absolute atomic E-state index is 12.5. The number of rotatable bonds is 7. The largest absolute Gasteiger partial charge is 0.384 e. The Labute approximate surface area is 117 Å². The summed E-state index contributed by atoms with van der Waals surface area (Å²) < 4.78 is 31.4. The van der Waals surface area contributed by atoms with Crippen molar-refractivity contribution in [1.82, 2.24) is 4.31 Å². The molecule has 0 amide bonds. The smallest absolute Gasteiger partial charge is 0.216 e. The van der Waals surface area contributed by atoms with Gasteiger partial charge in [-0.1, -0.05) is 13.8 Å². The van der Waals surface area contributed by atoms with Gasteiger partial charge in [-0.3, -0.25) is 0 Å². The van der Waals surface area contributed by atoms with Crippen LogP contribution in [0.3, 0.4) is 0 Å².